The SMILES string of the molecule is NCC1CNc2c(nc3ccccn23)C1. The molecule has 3 heterocycles. The van der Waals surface area contributed by atoms with Gasteiger partial charge in [0.25, 0.3) is 0 Å². The molecule has 15 heavy (non-hydrogen) atoms. The van der Waals surface area contributed by atoms with Crippen molar-refractivity contribution in [3.8, 4) is 0 Å². The number of fused-ring (bicyclic) bond motifs is 3. The van der Waals surface area contributed by atoms with Crippen LogP contribution in [0.5, 0.6) is 0 Å². The first-order valence-corrected chi connectivity index (χ1v) is 5.28. The van der Waals surface area contributed by atoms with Gasteiger partial charge in [0.1, 0.15) is 11.5 Å². The molecule has 1 atom stereocenters. The van der Waals surface area contributed by atoms with Gasteiger partial charge in [-0.3, -0.25) is 4.40 Å². The Balaban J connectivity index is 2.12. The number of pyridine rings is 1. The number of anilines is 1. The molecule has 0 fully saturated rings. The van der Waals surface area contributed by atoms with Crippen molar-refractivity contribution in [2.24, 2.45) is 11.7 Å². The van der Waals surface area contributed by atoms with Crippen LogP contribution in [-0.2, 0) is 6.42 Å². The summed E-state index contributed by atoms with van der Waals surface area (Å²) < 4.78 is 2.10. The maximum absolute atomic E-state index is 5.68. The average Bonchev–Trinajstić information content (AvgIpc) is 2.66. The Labute approximate surface area is 88.1 Å². The Morgan fingerprint density at radius 2 is 2.47 bits per heavy atom. The average molecular weight is 202 g/mol. The summed E-state index contributed by atoms with van der Waals surface area (Å²) in [7, 11) is 0. The van der Waals surface area contributed by atoms with E-state index in [-0.39, 0.29) is 0 Å². The highest BCUT2D eigenvalue weighted by Gasteiger charge is 2.21. The molecular weight excluding hydrogens is 188 g/mol. The molecule has 0 saturated heterocycles. The maximum Gasteiger partial charge on any atom is 0.138 e. The Morgan fingerprint density at radius 3 is 3.33 bits per heavy atom. The van der Waals surface area contributed by atoms with Crippen molar-refractivity contribution >= 4 is 11.5 Å². The summed E-state index contributed by atoms with van der Waals surface area (Å²) in [4.78, 5) is 4.60. The normalized spacial score (nSPS) is 19.9. The van der Waals surface area contributed by atoms with E-state index >= 15 is 0 Å². The molecule has 0 aliphatic carbocycles. The zero-order valence-electron chi connectivity index (χ0n) is 8.48. The van der Waals surface area contributed by atoms with E-state index in [0.717, 1.165) is 36.7 Å². The molecule has 4 heteroatoms. The Morgan fingerprint density at radius 1 is 1.53 bits per heavy atom. The Hall–Kier alpha value is -1.55. The number of hydrogen-bond acceptors (Lipinski definition) is 3. The van der Waals surface area contributed by atoms with Gasteiger partial charge in [0, 0.05) is 12.7 Å². The fourth-order valence-electron chi connectivity index (χ4n) is 2.13. The topological polar surface area (TPSA) is 55.3 Å². The number of aromatic nitrogens is 2. The van der Waals surface area contributed by atoms with E-state index in [9.17, 15) is 0 Å². The molecule has 78 valence electrons. The van der Waals surface area contributed by atoms with Gasteiger partial charge in [-0.15, -0.1) is 0 Å². The number of nitrogens with two attached hydrogens (primary N) is 1. The van der Waals surface area contributed by atoms with Crippen molar-refractivity contribution in [1.82, 2.24) is 9.38 Å². The molecule has 0 spiro atoms. The van der Waals surface area contributed by atoms with Crippen molar-refractivity contribution in [2.75, 3.05) is 18.4 Å². The van der Waals surface area contributed by atoms with Crippen LogP contribution in [0.3, 0.4) is 0 Å². The van der Waals surface area contributed by atoms with Crippen molar-refractivity contribution in [2.45, 2.75) is 6.42 Å². The zero-order valence-corrected chi connectivity index (χ0v) is 8.48. The highest BCUT2D eigenvalue weighted by Crippen LogP contribution is 2.24. The van der Waals surface area contributed by atoms with Crippen LogP contribution in [0, 0.1) is 5.92 Å². The van der Waals surface area contributed by atoms with E-state index in [4.69, 9.17) is 5.73 Å². The molecule has 4 nitrogen and oxygen atoms in total. The van der Waals surface area contributed by atoms with Gasteiger partial charge in [-0.2, -0.15) is 0 Å². The van der Waals surface area contributed by atoms with Gasteiger partial charge in [0.15, 0.2) is 0 Å². The van der Waals surface area contributed by atoms with Crippen LogP contribution in [0.25, 0.3) is 5.65 Å². The number of hydrogen-bond donors (Lipinski definition) is 2. The smallest absolute Gasteiger partial charge is 0.138 e. The second-order valence-electron chi connectivity index (χ2n) is 4.02. The van der Waals surface area contributed by atoms with E-state index in [1.54, 1.807) is 0 Å². The minimum atomic E-state index is 0.516. The minimum Gasteiger partial charge on any atom is -0.369 e. The summed E-state index contributed by atoms with van der Waals surface area (Å²) in [6.07, 6.45) is 3.03. The highest BCUT2D eigenvalue weighted by atomic mass is 15.1. The summed E-state index contributed by atoms with van der Waals surface area (Å²) in [5.41, 5.74) is 7.83. The molecule has 0 amide bonds. The second kappa shape index (κ2) is 3.24. The Kier molecular flexibility index (Phi) is 1.89. The predicted molar refractivity (Wildman–Crippen MR) is 59.9 cm³/mol. The number of imidazole rings is 1. The monoisotopic (exact) mass is 202 g/mol. The van der Waals surface area contributed by atoms with Crippen LogP contribution in [-0.4, -0.2) is 22.5 Å². The third-order valence-corrected chi connectivity index (χ3v) is 2.98. The van der Waals surface area contributed by atoms with Crippen molar-refractivity contribution < 1.29 is 0 Å². The van der Waals surface area contributed by atoms with Crippen molar-refractivity contribution in [3.05, 3.63) is 30.1 Å². The molecule has 1 aliphatic heterocycles. The van der Waals surface area contributed by atoms with Gasteiger partial charge in [-0.05, 0) is 31.0 Å². The minimum absolute atomic E-state index is 0.516. The standard InChI is InChI=1S/C11H14N4/c12-6-8-5-9-11(13-7-8)15-4-2-1-3-10(15)14-9/h1-4,8,13H,5-7,12H2. The van der Waals surface area contributed by atoms with Crippen molar-refractivity contribution in [1.29, 1.82) is 0 Å². The molecule has 3 N–H and O–H groups in total. The summed E-state index contributed by atoms with van der Waals surface area (Å²) in [5.74, 6) is 1.65. The molecule has 0 saturated carbocycles. The molecule has 1 aliphatic rings. The lowest BCUT2D eigenvalue weighted by Crippen LogP contribution is -2.29. The van der Waals surface area contributed by atoms with E-state index in [1.165, 1.54) is 0 Å². The fourth-order valence-corrected chi connectivity index (χ4v) is 2.13. The third kappa shape index (κ3) is 1.29. The highest BCUT2D eigenvalue weighted by molar-refractivity contribution is 5.56. The quantitative estimate of drug-likeness (QED) is 0.721. The third-order valence-electron chi connectivity index (χ3n) is 2.98. The summed E-state index contributed by atoms with van der Waals surface area (Å²) in [6, 6.07) is 6.05. The molecule has 2 aromatic rings. The first kappa shape index (κ1) is 8.73. The van der Waals surface area contributed by atoms with Gasteiger partial charge in [-0.25, -0.2) is 4.98 Å². The lowest BCUT2D eigenvalue weighted by atomic mass is 10.0. The first-order chi connectivity index (χ1) is 7.38. The van der Waals surface area contributed by atoms with Crippen LogP contribution in [0.15, 0.2) is 24.4 Å². The lowest BCUT2D eigenvalue weighted by Gasteiger charge is -2.21. The van der Waals surface area contributed by atoms with Gasteiger partial charge >= 0.3 is 0 Å². The molecule has 2 aromatic heterocycles. The van der Waals surface area contributed by atoms with E-state index in [0.29, 0.717) is 5.92 Å². The molecule has 0 aromatic carbocycles. The van der Waals surface area contributed by atoms with E-state index < -0.39 is 0 Å². The molecule has 0 bridgehead atoms. The lowest BCUT2D eigenvalue weighted by molar-refractivity contribution is 0.542. The van der Waals surface area contributed by atoms with Crippen LogP contribution < -0.4 is 11.1 Å². The van der Waals surface area contributed by atoms with E-state index in [2.05, 4.69) is 14.7 Å². The number of rotatable bonds is 1. The second-order valence-corrected chi connectivity index (χ2v) is 4.02. The molecular formula is C11H14N4. The fraction of sp³-hybridized carbons (Fsp3) is 0.364. The molecule has 1 unspecified atom stereocenters. The summed E-state index contributed by atoms with van der Waals surface area (Å²) in [6.45, 7) is 1.67. The first-order valence-electron chi connectivity index (χ1n) is 5.28. The van der Waals surface area contributed by atoms with Gasteiger partial charge in [0.05, 0.1) is 5.69 Å². The van der Waals surface area contributed by atoms with Gasteiger partial charge in [0.2, 0.25) is 0 Å². The van der Waals surface area contributed by atoms with Crippen LogP contribution in [0.2, 0.25) is 0 Å². The number of nitrogens with one attached hydrogen (secondary N) is 1. The van der Waals surface area contributed by atoms with Gasteiger partial charge in [-0.1, -0.05) is 6.07 Å². The summed E-state index contributed by atoms with van der Waals surface area (Å²) in [5, 5.41) is 3.41. The molecule has 0 radical (unpaired) electrons. The van der Waals surface area contributed by atoms with Crippen molar-refractivity contribution in [3.63, 3.8) is 0 Å². The summed E-state index contributed by atoms with van der Waals surface area (Å²) >= 11 is 0. The largest absolute Gasteiger partial charge is 0.369 e. The van der Waals surface area contributed by atoms with Crippen LogP contribution >= 0.6 is 0 Å². The number of nitrogens with zero attached hydrogens (tertiary/aromatic N) is 2. The molecule has 3 rings (SSSR count). The Bertz CT molecular complexity index is 488. The van der Waals surface area contributed by atoms with Crippen LogP contribution in [0.1, 0.15) is 5.69 Å². The van der Waals surface area contributed by atoms with E-state index in [1.807, 2.05) is 24.4 Å². The predicted octanol–water partition coefficient (Wildman–Crippen LogP) is 0.877. The maximum atomic E-state index is 5.68. The van der Waals surface area contributed by atoms with Crippen LogP contribution in [0.4, 0.5) is 5.82 Å². The van der Waals surface area contributed by atoms with Gasteiger partial charge < -0.3 is 11.1 Å². The zero-order chi connectivity index (χ0) is 10.3.